The van der Waals surface area contributed by atoms with Crippen LogP contribution in [-0.2, 0) is 6.54 Å². The monoisotopic (exact) mass is 351 g/mol. The summed E-state index contributed by atoms with van der Waals surface area (Å²) in [7, 11) is 3.67. The predicted octanol–water partition coefficient (Wildman–Crippen LogP) is 3.60. The Bertz CT molecular complexity index is 637. The van der Waals surface area contributed by atoms with Crippen LogP contribution in [0.2, 0.25) is 0 Å². The Balaban J connectivity index is 2.39. The third kappa shape index (κ3) is 3.30. The number of aryl methyl sites for hydroxylation is 1. The van der Waals surface area contributed by atoms with Crippen molar-refractivity contribution in [3.63, 3.8) is 0 Å². The van der Waals surface area contributed by atoms with Gasteiger partial charge in [0.15, 0.2) is 0 Å². The number of hydrogen-bond acceptors (Lipinski definition) is 3. The molecule has 1 heterocycles. The van der Waals surface area contributed by atoms with Crippen LogP contribution in [0.5, 0.6) is 5.75 Å². The van der Waals surface area contributed by atoms with Crippen molar-refractivity contribution in [2.24, 2.45) is 0 Å². The molecule has 0 aliphatic carbocycles. The van der Waals surface area contributed by atoms with Gasteiger partial charge in [0, 0.05) is 27.3 Å². The van der Waals surface area contributed by atoms with Gasteiger partial charge in [-0.05, 0) is 46.0 Å². The van der Waals surface area contributed by atoms with E-state index in [0.717, 1.165) is 21.5 Å². The van der Waals surface area contributed by atoms with Crippen LogP contribution < -0.4 is 10.1 Å². The summed E-state index contributed by atoms with van der Waals surface area (Å²) in [4.78, 5) is 0. The summed E-state index contributed by atoms with van der Waals surface area (Å²) in [5.74, 6) is 0.883. The summed E-state index contributed by atoms with van der Waals surface area (Å²) >= 11 is 3.52. The maximum absolute atomic E-state index is 5.44. The van der Waals surface area contributed by atoms with Crippen molar-refractivity contribution >= 4 is 15.9 Å². The molecule has 2 aromatic rings. The van der Waals surface area contributed by atoms with Gasteiger partial charge < -0.3 is 10.1 Å². The van der Waals surface area contributed by atoms with Crippen LogP contribution in [0.25, 0.3) is 0 Å². The second-order valence-electron chi connectivity index (χ2n) is 5.21. The quantitative estimate of drug-likeness (QED) is 0.894. The van der Waals surface area contributed by atoms with Gasteiger partial charge in [0.1, 0.15) is 5.75 Å². The van der Waals surface area contributed by atoms with Crippen molar-refractivity contribution in [3.8, 4) is 5.75 Å². The highest BCUT2D eigenvalue weighted by Gasteiger charge is 2.17. The minimum Gasteiger partial charge on any atom is -0.496 e. The molecule has 0 radical (unpaired) electrons. The molecule has 0 bridgehead atoms. The highest BCUT2D eigenvalue weighted by molar-refractivity contribution is 9.10. The normalized spacial score (nSPS) is 12.5. The molecule has 114 valence electrons. The maximum Gasteiger partial charge on any atom is 0.124 e. The smallest absolute Gasteiger partial charge is 0.124 e. The molecule has 1 unspecified atom stereocenters. The third-order valence-corrected chi connectivity index (χ3v) is 4.36. The van der Waals surface area contributed by atoms with E-state index in [4.69, 9.17) is 4.74 Å². The van der Waals surface area contributed by atoms with E-state index in [0.29, 0.717) is 12.6 Å². The fourth-order valence-electron chi connectivity index (χ4n) is 2.67. The molecule has 0 aliphatic heterocycles. The lowest BCUT2D eigenvalue weighted by atomic mass is 10.1. The number of aromatic nitrogens is 2. The van der Waals surface area contributed by atoms with Gasteiger partial charge in [-0.15, -0.1) is 0 Å². The SMILES string of the molecule is CNC(C)c1c(C)nn(Cc2cc(Br)ccc2OC)c1C. The minimum atomic E-state index is 0.295. The molecule has 0 fully saturated rings. The summed E-state index contributed by atoms with van der Waals surface area (Å²) in [6.07, 6.45) is 0. The van der Waals surface area contributed by atoms with Crippen LogP contribution in [0.4, 0.5) is 0 Å². The Labute approximate surface area is 134 Å². The van der Waals surface area contributed by atoms with Crippen molar-refractivity contribution < 1.29 is 4.74 Å². The summed E-state index contributed by atoms with van der Waals surface area (Å²) in [5.41, 5.74) is 4.65. The lowest BCUT2D eigenvalue weighted by molar-refractivity contribution is 0.407. The summed E-state index contributed by atoms with van der Waals surface area (Å²) < 4.78 is 8.53. The molecule has 1 N–H and O–H groups in total. The number of benzene rings is 1. The Morgan fingerprint density at radius 1 is 1.38 bits per heavy atom. The maximum atomic E-state index is 5.44. The van der Waals surface area contributed by atoms with E-state index in [1.54, 1.807) is 7.11 Å². The average Bonchev–Trinajstić information content (AvgIpc) is 2.73. The van der Waals surface area contributed by atoms with E-state index in [9.17, 15) is 0 Å². The van der Waals surface area contributed by atoms with Crippen LogP contribution in [0.15, 0.2) is 22.7 Å². The number of nitrogens with one attached hydrogen (secondary N) is 1. The number of hydrogen-bond donors (Lipinski definition) is 1. The van der Waals surface area contributed by atoms with Gasteiger partial charge in [-0.2, -0.15) is 5.10 Å². The second-order valence-corrected chi connectivity index (χ2v) is 6.12. The van der Waals surface area contributed by atoms with Crippen LogP contribution >= 0.6 is 15.9 Å². The highest BCUT2D eigenvalue weighted by Crippen LogP contribution is 2.26. The van der Waals surface area contributed by atoms with E-state index < -0.39 is 0 Å². The topological polar surface area (TPSA) is 39.1 Å². The molecular weight excluding hydrogens is 330 g/mol. The zero-order valence-corrected chi connectivity index (χ0v) is 14.8. The zero-order valence-electron chi connectivity index (χ0n) is 13.2. The van der Waals surface area contributed by atoms with Crippen LogP contribution in [0.3, 0.4) is 0 Å². The third-order valence-electron chi connectivity index (χ3n) is 3.87. The Kier molecular flexibility index (Phi) is 5.06. The predicted molar refractivity (Wildman–Crippen MR) is 89.0 cm³/mol. The minimum absolute atomic E-state index is 0.295. The Hall–Kier alpha value is -1.33. The number of ether oxygens (including phenoxy) is 1. The van der Waals surface area contributed by atoms with E-state index in [-0.39, 0.29) is 0 Å². The van der Waals surface area contributed by atoms with Gasteiger partial charge >= 0.3 is 0 Å². The molecule has 2 rings (SSSR count). The van der Waals surface area contributed by atoms with Crippen molar-refractivity contribution in [2.45, 2.75) is 33.4 Å². The second kappa shape index (κ2) is 6.62. The van der Waals surface area contributed by atoms with Crippen LogP contribution in [-0.4, -0.2) is 23.9 Å². The van der Waals surface area contributed by atoms with E-state index in [1.165, 1.54) is 11.3 Å². The Morgan fingerprint density at radius 3 is 2.71 bits per heavy atom. The Morgan fingerprint density at radius 2 is 2.10 bits per heavy atom. The molecule has 1 atom stereocenters. The molecule has 0 aliphatic rings. The first-order chi connectivity index (χ1) is 9.97. The number of halogens is 1. The van der Waals surface area contributed by atoms with Gasteiger partial charge in [-0.25, -0.2) is 0 Å². The summed E-state index contributed by atoms with van der Waals surface area (Å²) in [6, 6.07) is 6.33. The zero-order chi connectivity index (χ0) is 15.6. The molecule has 21 heavy (non-hydrogen) atoms. The van der Waals surface area contributed by atoms with Crippen molar-refractivity contribution in [1.29, 1.82) is 0 Å². The average molecular weight is 352 g/mol. The number of nitrogens with zero attached hydrogens (tertiary/aromatic N) is 2. The van der Waals surface area contributed by atoms with Crippen molar-refractivity contribution in [3.05, 3.63) is 45.2 Å². The summed E-state index contributed by atoms with van der Waals surface area (Å²) in [6.45, 7) is 7.03. The van der Waals surface area contributed by atoms with Crippen molar-refractivity contribution in [1.82, 2.24) is 15.1 Å². The lowest BCUT2D eigenvalue weighted by Gasteiger charge is -2.13. The van der Waals surface area contributed by atoms with Gasteiger partial charge in [0.25, 0.3) is 0 Å². The van der Waals surface area contributed by atoms with E-state index in [2.05, 4.69) is 53.2 Å². The lowest BCUT2D eigenvalue weighted by Crippen LogP contribution is -2.14. The first-order valence-corrected chi connectivity index (χ1v) is 7.80. The molecule has 1 aromatic heterocycles. The molecule has 0 amide bonds. The van der Waals surface area contributed by atoms with Gasteiger partial charge in [0.2, 0.25) is 0 Å². The standard InChI is InChI=1S/C16H22BrN3O/c1-10(18-4)16-11(2)19-20(12(16)3)9-13-8-14(17)6-7-15(13)21-5/h6-8,10,18H,9H2,1-5H3. The van der Waals surface area contributed by atoms with Crippen LogP contribution in [0, 0.1) is 13.8 Å². The van der Waals surface area contributed by atoms with Crippen molar-refractivity contribution in [2.75, 3.05) is 14.2 Å². The van der Waals surface area contributed by atoms with E-state index in [1.807, 2.05) is 23.9 Å². The molecule has 4 nitrogen and oxygen atoms in total. The highest BCUT2D eigenvalue weighted by atomic mass is 79.9. The molecule has 0 spiro atoms. The van der Waals surface area contributed by atoms with Gasteiger partial charge in [-0.3, -0.25) is 4.68 Å². The molecule has 0 saturated heterocycles. The fourth-order valence-corrected chi connectivity index (χ4v) is 3.08. The largest absolute Gasteiger partial charge is 0.496 e. The number of methoxy groups -OCH3 is 1. The van der Waals surface area contributed by atoms with E-state index >= 15 is 0 Å². The van der Waals surface area contributed by atoms with Gasteiger partial charge in [-0.1, -0.05) is 15.9 Å². The van der Waals surface area contributed by atoms with Gasteiger partial charge in [0.05, 0.1) is 19.3 Å². The molecule has 5 heteroatoms. The van der Waals surface area contributed by atoms with Crippen LogP contribution in [0.1, 0.15) is 35.5 Å². The first kappa shape index (κ1) is 16.0. The summed E-state index contributed by atoms with van der Waals surface area (Å²) in [5, 5.41) is 7.97. The fraction of sp³-hybridized carbons (Fsp3) is 0.438. The molecule has 0 saturated carbocycles. The molecular formula is C16H22BrN3O. The first-order valence-electron chi connectivity index (χ1n) is 7.01. The number of rotatable bonds is 5. The molecule has 1 aromatic carbocycles.